The van der Waals surface area contributed by atoms with Crippen LogP contribution in [0.5, 0.6) is 11.5 Å². The molecular weight excluding hydrogens is 238 g/mol. The summed E-state index contributed by atoms with van der Waals surface area (Å²) in [6.07, 6.45) is 0. The topological polar surface area (TPSA) is 31.4 Å². The summed E-state index contributed by atoms with van der Waals surface area (Å²) in [6.45, 7) is 3.98. The van der Waals surface area contributed by atoms with Crippen molar-refractivity contribution in [2.75, 3.05) is 14.2 Å². The molecule has 0 aliphatic carbocycles. The Morgan fingerprint density at radius 3 is 2.29 bits per heavy atom. The van der Waals surface area contributed by atoms with Crippen molar-refractivity contribution in [2.24, 2.45) is 0 Å². The molecule has 3 nitrogen and oxygen atoms in total. The Morgan fingerprint density at radius 2 is 1.71 bits per heavy atom. The summed E-state index contributed by atoms with van der Waals surface area (Å²) < 4.78 is 10.7. The summed E-state index contributed by atoms with van der Waals surface area (Å²) in [6, 6.07) is 5.94. The number of aromatic nitrogens is 1. The summed E-state index contributed by atoms with van der Waals surface area (Å²) in [5.41, 5.74) is 1.99. The van der Waals surface area contributed by atoms with Crippen LogP contribution in [0.4, 0.5) is 0 Å². The Labute approximate surface area is 107 Å². The minimum absolute atomic E-state index is 0. The predicted molar refractivity (Wildman–Crippen MR) is 71.6 cm³/mol. The number of fused-ring (bicyclic) bond motifs is 1. The van der Waals surface area contributed by atoms with Crippen molar-refractivity contribution in [3.05, 3.63) is 29.6 Å². The molecule has 0 spiro atoms. The van der Waals surface area contributed by atoms with Gasteiger partial charge in [-0.3, -0.25) is 4.98 Å². The number of methoxy groups -OCH3 is 2. The largest absolute Gasteiger partial charge is 0.493 e. The fraction of sp³-hybridized carbons (Fsp3) is 0.308. The molecule has 0 amide bonds. The van der Waals surface area contributed by atoms with Crippen LogP contribution in [0.15, 0.2) is 18.2 Å². The van der Waals surface area contributed by atoms with E-state index in [0.717, 1.165) is 33.7 Å². The van der Waals surface area contributed by atoms with Crippen LogP contribution < -0.4 is 9.47 Å². The lowest BCUT2D eigenvalue weighted by Crippen LogP contribution is -1.94. The van der Waals surface area contributed by atoms with Gasteiger partial charge in [0.15, 0.2) is 11.5 Å². The van der Waals surface area contributed by atoms with E-state index in [-0.39, 0.29) is 12.4 Å². The molecule has 0 aliphatic heterocycles. The molecule has 0 aliphatic rings. The fourth-order valence-electron chi connectivity index (χ4n) is 1.98. The average Bonchev–Trinajstić information content (AvgIpc) is 2.27. The maximum absolute atomic E-state index is 5.41. The van der Waals surface area contributed by atoms with Gasteiger partial charge in [0, 0.05) is 22.2 Å². The first-order valence-electron chi connectivity index (χ1n) is 5.16. The van der Waals surface area contributed by atoms with E-state index >= 15 is 0 Å². The predicted octanol–water partition coefficient (Wildman–Crippen LogP) is 3.29. The Kier molecular flexibility index (Phi) is 4.18. The molecular formula is C13H16ClNO2. The lowest BCUT2D eigenvalue weighted by Gasteiger charge is -2.12. The Hall–Kier alpha value is -1.48. The second kappa shape index (κ2) is 5.23. The number of hydrogen-bond acceptors (Lipinski definition) is 3. The van der Waals surface area contributed by atoms with Gasteiger partial charge in [-0.15, -0.1) is 12.4 Å². The second-order valence-corrected chi connectivity index (χ2v) is 3.75. The van der Waals surface area contributed by atoms with E-state index in [1.165, 1.54) is 0 Å². The van der Waals surface area contributed by atoms with Gasteiger partial charge in [-0.1, -0.05) is 0 Å². The van der Waals surface area contributed by atoms with Crippen molar-refractivity contribution in [2.45, 2.75) is 13.8 Å². The number of benzene rings is 1. The number of halogens is 1. The number of pyridine rings is 1. The standard InChI is InChI=1S/C13H15NO2.ClH/c1-8-7-11-10(9(2)14-8)5-6-12(15-3)13(11)16-4;/h5-7H,1-4H3;1H. The number of aryl methyl sites for hydroxylation is 2. The normalized spacial score (nSPS) is 9.88. The van der Waals surface area contributed by atoms with E-state index < -0.39 is 0 Å². The SMILES string of the molecule is COc1ccc2c(C)nc(C)cc2c1OC.Cl. The van der Waals surface area contributed by atoms with Gasteiger partial charge in [0.05, 0.1) is 14.2 Å². The highest BCUT2D eigenvalue weighted by molar-refractivity contribution is 5.92. The summed E-state index contributed by atoms with van der Waals surface area (Å²) in [4.78, 5) is 4.44. The molecule has 92 valence electrons. The minimum Gasteiger partial charge on any atom is -0.493 e. The van der Waals surface area contributed by atoms with Crippen molar-refractivity contribution < 1.29 is 9.47 Å². The second-order valence-electron chi connectivity index (χ2n) is 3.75. The summed E-state index contributed by atoms with van der Waals surface area (Å²) in [7, 11) is 3.30. The summed E-state index contributed by atoms with van der Waals surface area (Å²) >= 11 is 0. The van der Waals surface area contributed by atoms with Crippen molar-refractivity contribution in [3.63, 3.8) is 0 Å². The third-order valence-corrected chi connectivity index (χ3v) is 2.67. The monoisotopic (exact) mass is 253 g/mol. The number of rotatable bonds is 2. The zero-order chi connectivity index (χ0) is 11.7. The van der Waals surface area contributed by atoms with Crippen molar-refractivity contribution >= 4 is 23.2 Å². The number of ether oxygens (including phenoxy) is 2. The van der Waals surface area contributed by atoms with Crippen molar-refractivity contribution in [3.8, 4) is 11.5 Å². The molecule has 17 heavy (non-hydrogen) atoms. The van der Waals surface area contributed by atoms with Crippen LogP contribution in [0.1, 0.15) is 11.4 Å². The highest BCUT2D eigenvalue weighted by atomic mass is 35.5. The first-order valence-corrected chi connectivity index (χ1v) is 5.16. The van der Waals surface area contributed by atoms with Crippen LogP contribution in [0, 0.1) is 13.8 Å². The highest BCUT2D eigenvalue weighted by Crippen LogP contribution is 2.36. The number of nitrogens with zero attached hydrogens (tertiary/aromatic N) is 1. The molecule has 0 unspecified atom stereocenters. The smallest absolute Gasteiger partial charge is 0.168 e. The maximum Gasteiger partial charge on any atom is 0.168 e. The van der Waals surface area contributed by atoms with E-state index in [0.29, 0.717) is 0 Å². The van der Waals surface area contributed by atoms with Gasteiger partial charge in [0.25, 0.3) is 0 Å². The molecule has 4 heteroatoms. The summed E-state index contributed by atoms with van der Waals surface area (Å²) in [5, 5.41) is 2.15. The zero-order valence-corrected chi connectivity index (χ0v) is 11.2. The third-order valence-electron chi connectivity index (χ3n) is 2.67. The van der Waals surface area contributed by atoms with E-state index in [9.17, 15) is 0 Å². The Balaban J connectivity index is 0.00000144. The van der Waals surface area contributed by atoms with E-state index in [4.69, 9.17) is 9.47 Å². The van der Waals surface area contributed by atoms with E-state index in [1.54, 1.807) is 14.2 Å². The Morgan fingerprint density at radius 1 is 1.00 bits per heavy atom. The first-order chi connectivity index (χ1) is 7.67. The minimum atomic E-state index is 0. The molecule has 0 bridgehead atoms. The summed E-state index contributed by atoms with van der Waals surface area (Å²) in [5.74, 6) is 1.52. The molecule has 1 heterocycles. The highest BCUT2D eigenvalue weighted by Gasteiger charge is 2.10. The lowest BCUT2D eigenvalue weighted by molar-refractivity contribution is 0.358. The van der Waals surface area contributed by atoms with Gasteiger partial charge >= 0.3 is 0 Å². The van der Waals surface area contributed by atoms with Crippen LogP contribution in [-0.4, -0.2) is 19.2 Å². The van der Waals surface area contributed by atoms with Crippen LogP contribution in [0.3, 0.4) is 0 Å². The first kappa shape index (κ1) is 13.6. The van der Waals surface area contributed by atoms with Crippen LogP contribution in [0.2, 0.25) is 0 Å². The van der Waals surface area contributed by atoms with Crippen molar-refractivity contribution in [1.82, 2.24) is 4.98 Å². The van der Waals surface area contributed by atoms with Crippen molar-refractivity contribution in [1.29, 1.82) is 0 Å². The van der Waals surface area contributed by atoms with Gasteiger partial charge in [0.1, 0.15) is 0 Å². The molecule has 0 fully saturated rings. The van der Waals surface area contributed by atoms with Crippen LogP contribution >= 0.6 is 12.4 Å². The van der Waals surface area contributed by atoms with Crippen LogP contribution in [-0.2, 0) is 0 Å². The molecule has 0 saturated heterocycles. The fourth-order valence-corrected chi connectivity index (χ4v) is 1.98. The molecule has 1 aromatic carbocycles. The lowest BCUT2D eigenvalue weighted by atomic mass is 10.1. The molecule has 0 radical (unpaired) electrons. The zero-order valence-electron chi connectivity index (χ0n) is 10.4. The van der Waals surface area contributed by atoms with Gasteiger partial charge in [-0.2, -0.15) is 0 Å². The molecule has 2 rings (SSSR count). The van der Waals surface area contributed by atoms with Gasteiger partial charge in [-0.05, 0) is 32.0 Å². The van der Waals surface area contributed by atoms with E-state index in [2.05, 4.69) is 4.98 Å². The average molecular weight is 254 g/mol. The quantitative estimate of drug-likeness (QED) is 0.823. The maximum atomic E-state index is 5.41. The van der Waals surface area contributed by atoms with Gasteiger partial charge in [0.2, 0.25) is 0 Å². The molecule has 0 N–H and O–H groups in total. The van der Waals surface area contributed by atoms with Gasteiger partial charge in [-0.25, -0.2) is 0 Å². The van der Waals surface area contributed by atoms with Crippen LogP contribution in [0.25, 0.3) is 10.8 Å². The molecule has 1 aromatic heterocycles. The Bertz CT molecular complexity index is 540. The molecule has 0 atom stereocenters. The third kappa shape index (κ3) is 2.29. The number of hydrogen-bond donors (Lipinski definition) is 0. The van der Waals surface area contributed by atoms with Gasteiger partial charge < -0.3 is 9.47 Å². The molecule has 2 aromatic rings. The molecule has 0 saturated carbocycles. The van der Waals surface area contributed by atoms with E-state index in [1.807, 2.05) is 32.0 Å².